The van der Waals surface area contributed by atoms with Crippen molar-refractivity contribution in [3.8, 4) is 0 Å². The molecule has 0 aromatic rings. The van der Waals surface area contributed by atoms with Gasteiger partial charge in [-0.2, -0.15) is 0 Å². The van der Waals surface area contributed by atoms with Gasteiger partial charge in [0.2, 0.25) is 0 Å². The number of aliphatic imine (C=N–C) groups is 1. The molecule has 0 aromatic heterocycles. The van der Waals surface area contributed by atoms with Gasteiger partial charge in [-0.3, -0.25) is 0 Å². The van der Waals surface area contributed by atoms with Crippen LogP contribution in [0, 0.1) is 0 Å². The van der Waals surface area contributed by atoms with Gasteiger partial charge in [0.25, 0.3) is 0 Å². The van der Waals surface area contributed by atoms with Crippen molar-refractivity contribution in [1.29, 1.82) is 0 Å². The van der Waals surface area contributed by atoms with Crippen LogP contribution in [0.4, 0.5) is 0 Å². The van der Waals surface area contributed by atoms with Gasteiger partial charge in [-0.05, 0) is 0 Å². The van der Waals surface area contributed by atoms with Crippen LogP contribution >= 0.6 is 15.9 Å². The average molecular weight is 276 g/mol. The first-order valence-electron chi connectivity index (χ1n) is 4.66. The molecule has 4 nitrogen and oxygen atoms in total. The van der Waals surface area contributed by atoms with Crippen LogP contribution in [-0.2, 0) is 14.2 Å². The number of carbonyl (C=O) groups excluding carboxylic acids is 1. The molecule has 0 aliphatic carbocycles. The topological polar surface area (TPSA) is 55.7 Å². The molecule has 0 saturated carbocycles. The Morgan fingerprint density at radius 3 is 2.60 bits per heavy atom. The molecule has 0 aliphatic rings. The molecule has 0 N–H and O–H groups in total. The number of nitrogens with zero attached hydrogens (tertiary/aromatic N) is 1. The maximum atomic E-state index is 11.6. The summed E-state index contributed by atoms with van der Waals surface area (Å²) in [5.74, 6) is -0.403. The van der Waals surface area contributed by atoms with Gasteiger partial charge in [0.05, 0.1) is 0 Å². The third-order valence-corrected chi connectivity index (χ3v) is 1.85. The van der Waals surface area contributed by atoms with Crippen LogP contribution in [0.15, 0.2) is 4.99 Å². The maximum absolute atomic E-state index is 11.6. The van der Waals surface area contributed by atoms with E-state index < -0.39 is 17.6 Å². The molecule has 0 amide bonds. The molecule has 0 spiro atoms. The van der Waals surface area contributed by atoms with Gasteiger partial charge in [0.1, 0.15) is 0 Å². The predicted molar refractivity (Wildman–Crippen MR) is 63.0 cm³/mol. The summed E-state index contributed by atoms with van der Waals surface area (Å²) in [7, 11) is 0.547. The number of esters is 1. The van der Waals surface area contributed by atoms with E-state index in [1.807, 2.05) is 0 Å². The Labute approximate surface area is 98.9 Å². The average Bonchev–Trinajstić information content (AvgIpc) is 2.09. The van der Waals surface area contributed by atoms with E-state index >= 15 is 0 Å². The van der Waals surface area contributed by atoms with Crippen LogP contribution in [0.2, 0.25) is 0 Å². The molecule has 0 radical (unpaired) electrons. The summed E-state index contributed by atoms with van der Waals surface area (Å²) in [6.45, 7) is 5.37. The number of hydrogen-bond donors (Lipinski definition) is 0. The van der Waals surface area contributed by atoms with E-state index in [0.717, 1.165) is 6.11 Å². The van der Waals surface area contributed by atoms with E-state index in [9.17, 15) is 9.50 Å². The summed E-state index contributed by atoms with van der Waals surface area (Å²) >= 11 is 3.22. The first-order valence-corrected chi connectivity index (χ1v) is 5.78. The first-order chi connectivity index (χ1) is 6.90. The Hall–Kier alpha value is -0.515. The van der Waals surface area contributed by atoms with Crippen molar-refractivity contribution >= 4 is 35.2 Å². The van der Waals surface area contributed by atoms with Crippen LogP contribution in [0.1, 0.15) is 27.2 Å². The molecule has 15 heavy (non-hydrogen) atoms. The van der Waals surface area contributed by atoms with Crippen LogP contribution in [-0.4, -0.2) is 36.2 Å². The molecule has 0 aromatic carbocycles. The van der Waals surface area contributed by atoms with E-state index in [1.165, 1.54) is 0 Å². The van der Waals surface area contributed by atoms with E-state index in [4.69, 9.17) is 4.74 Å². The summed E-state index contributed by atoms with van der Waals surface area (Å²) in [5.41, 5.74) is -0.529. The molecule has 84 valence electrons. The SMILES string of the molecule is CC(C)(C)OC(=O)C(CCBr)N=CB=O. The molecule has 1 atom stereocenters. The number of halogens is 1. The van der Waals surface area contributed by atoms with E-state index in [2.05, 4.69) is 20.9 Å². The van der Waals surface area contributed by atoms with E-state index in [0.29, 0.717) is 18.9 Å². The zero-order chi connectivity index (χ0) is 11.9. The van der Waals surface area contributed by atoms with Crippen molar-refractivity contribution in [3.05, 3.63) is 0 Å². The fourth-order valence-electron chi connectivity index (χ4n) is 0.865. The van der Waals surface area contributed by atoms with Crippen molar-refractivity contribution in [2.75, 3.05) is 5.33 Å². The minimum absolute atomic E-state index is 0.403. The molecule has 0 bridgehead atoms. The molecule has 0 aliphatic heterocycles. The Balaban J connectivity index is 4.41. The Morgan fingerprint density at radius 1 is 1.60 bits per heavy atom. The van der Waals surface area contributed by atoms with Gasteiger partial charge in [0, 0.05) is 0 Å². The second-order valence-electron chi connectivity index (χ2n) is 3.96. The number of hydrogen-bond acceptors (Lipinski definition) is 4. The van der Waals surface area contributed by atoms with E-state index in [1.54, 1.807) is 20.8 Å². The molecule has 0 rings (SSSR count). The summed E-state index contributed by atoms with van der Waals surface area (Å²) in [6, 6.07) is -0.603. The van der Waals surface area contributed by atoms with Crippen molar-refractivity contribution in [2.45, 2.75) is 38.8 Å². The third-order valence-electron chi connectivity index (χ3n) is 1.39. The molecular formula is C9H15BBrNO3. The fraction of sp³-hybridized carbons (Fsp3) is 0.778. The van der Waals surface area contributed by atoms with Crippen LogP contribution in [0.25, 0.3) is 0 Å². The second kappa shape index (κ2) is 6.88. The monoisotopic (exact) mass is 275 g/mol. The zero-order valence-electron chi connectivity index (χ0n) is 9.20. The Morgan fingerprint density at radius 2 is 2.20 bits per heavy atom. The minimum atomic E-state index is -0.603. The first kappa shape index (κ1) is 14.5. The molecule has 1 unspecified atom stereocenters. The summed E-state index contributed by atoms with van der Waals surface area (Å²) in [4.78, 5) is 15.4. The Bertz CT molecular complexity index is 250. The van der Waals surface area contributed by atoms with Crippen molar-refractivity contribution in [2.24, 2.45) is 4.99 Å². The fourth-order valence-corrected chi connectivity index (χ4v) is 1.30. The van der Waals surface area contributed by atoms with Crippen LogP contribution in [0.3, 0.4) is 0 Å². The van der Waals surface area contributed by atoms with Crippen molar-refractivity contribution in [3.63, 3.8) is 0 Å². The zero-order valence-corrected chi connectivity index (χ0v) is 10.8. The van der Waals surface area contributed by atoms with Crippen molar-refractivity contribution in [1.82, 2.24) is 0 Å². The van der Waals surface area contributed by atoms with Gasteiger partial charge in [-0.1, -0.05) is 0 Å². The van der Waals surface area contributed by atoms with Gasteiger partial charge < -0.3 is 0 Å². The number of alkyl halides is 1. The van der Waals surface area contributed by atoms with Crippen LogP contribution < -0.4 is 0 Å². The quantitative estimate of drug-likeness (QED) is 0.331. The number of ether oxygens (including phenoxy) is 1. The molecular weight excluding hydrogens is 261 g/mol. The summed E-state index contributed by atoms with van der Waals surface area (Å²) < 4.78 is 15.3. The normalized spacial score (nSPS) is 13.6. The second-order valence-corrected chi connectivity index (χ2v) is 4.75. The molecule has 6 heteroatoms. The van der Waals surface area contributed by atoms with Crippen molar-refractivity contribution < 1.29 is 14.2 Å². The van der Waals surface area contributed by atoms with E-state index in [-0.39, 0.29) is 0 Å². The number of rotatable bonds is 5. The standard InChI is InChI=1S/C9H15BBrNO3/c1-9(2,3)15-8(13)7(4-5-11)12-6-10-14/h6-7H,4-5H2,1-3H3. The molecule has 0 saturated heterocycles. The van der Waals surface area contributed by atoms with Crippen LogP contribution in [0.5, 0.6) is 0 Å². The molecule has 0 fully saturated rings. The summed E-state index contributed by atoms with van der Waals surface area (Å²) in [6.07, 6.45) is 1.59. The van der Waals surface area contributed by atoms with Gasteiger partial charge >= 0.3 is 98.6 Å². The predicted octanol–water partition coefficient (Wildman–Crippen LogP) is 1.56. The van der Waals surface area contributed by atoms with Gasteiger partial charge in [0.15, 0.2) is 0 Å². The Kier molecular flexibility index (Phi) is 6.64. The van der Waals surface area contributed by atoms with Gasteiger partial charge in [-0.15, -0.1) is 0 Å². The molecule has 0 heterocycles. The summed E-state index contributed by atoms with van der Waals surface area (Å²) in [5, 5.41) is 0.632. The third kappa shape index (κ3) is 7.42. The number of carbonyl (C=O) groups is 1. The van der Waals surface area contributed by atoms with Gasteiger partial charge in [-0.25, -0.2) is 0 Å².